The molecule has 2 aliphatic heterocycles. The fraction of sp³-hybridized carbons (Fsp3) is 1.00. The van der Waals surface area contributed by atoms with Crippen molar-refractivity contribution in [3.05, 3.63) is 0 Å². The molecule has 4 atom stereocenters. The van der Waals surface area contributed by atoms with Gasteiger partial charge in [0.15, 0.2) is 0 Å². The van der Waals surface area contributed by atoms with Gasteiger partial charge in [-0.05, 0) is 31.7 Å². The molecular weight excluding hydrogens is 214 g/mol. The molecule has 0 saturated carbocycles. The predicted octanol–water partition coefficient (Wildman–Crippen LogP) is 2.04. The van der Waals surface area contributed by atoms with E-state index in [2.05, 4.69) is 18.7 Å². The van der Waals surface area contributed by atoms with Gasteiger partial charge in [0.2, 0.25) is 0 Å². The molecule has 2 aliphatic rings. The summed E-state index contributed by atoms with van der Waals surface area (Å²) in [5.41, 5.74) is 0. The summed E-state index contributed by atoms with van der Waals surface area (Å²) in [7, 11) is 0. The second-order valence-corrected chi connectivity index (χ2v) is 5.86. The summed E-state index contributed by atoms with van der Waals surface area (Å²) in [5, 5.41) is 10.2. The molecule has 0 aromatic carbocycles. The van der Waals surface area contributed by atoms with Gasteiger partial charge in [-0.3, -0.25) is 4.90 Å². The number of aliphatic hydroxyl groups is 1. The van der Waals surface area contributed by atoms with Crippen LogP contribution in [-0.4, -0.2) is 48.0 Å². The smallest absolute Gasteiger partial charge is 0.0961 e. The van der Waals surface area contributed by atoms with Crippen LogP contribution in [0.4, 0.5) is 0 Å². The Kier molecular flexibility index (Phi) is 4.83. The van der Waals surface area contributed by atoms with Crippen LogP contribution in [0.2, 0.25) is 0 Å². The quantitative estimate of drug-likeness (QED) is 0.799. The number of aliphatic hydroxyl groups excluding tert-OH is 1. The maximum Gasteiger partial charge on any atom is 0.0961 e. The minimum Gasteiger partial charge on any atom is -0.390 e. The van der Waals surface area contributed by atoms with Crippen LogP contribution in [0.3, 0.4) is 0 Å². The average molecular weight is 241 g/mol. The van der Waals surface area contributed by atoms with Crippen LogP contribution < -0.4 is 0 Å². The van der Waals surface area contributed by atoms with Gasteiger partial charge in [0.25, 0.3) is 0 Å². The zero-order valence-corrected chi connectivity index (χ0v) is 11.3. The maximum absolute atomic E-state index is 10.2. The highest BCUT2D eigenvalue weighted by molar-refractivity contribution is 4.88. The Balaban J connectivity index is 1.77. The van der Waals surface area contributed by atoms with Crippen molar-refractivity contribution in [2.75, 3.05) is 19.7 Å². The van der Waals surface area contributed by atoms with E-state index in [-0.39, 0.29) is 12.2 Å². The number of morpholine rings is 1. The van der Waals surface area contributed by atoms with Gasteiger partial charge in [-0.25, -0.2) is 0 Å². The van der Waals surface area contributed by atoms with Crippen molar-refractivity contribution in [3.8, 4) is 0 Å². The molecule has 2 fully saturated rings. The van der Waals surface area contributed by atoms with Crippen molar-refractivity contribution in [1.82, 2.24) is 4.90 Å². The Morgan fingerprint density at radius 2 is 2.29 bits per heavy atom. The van der Waals surface area contributed by atoms with E-state index < -0.39 is 0 Å². The summed E-state index contributed by atoms with van der Waals surface area (Å²) in [6.45, 7) is 7.39. The molecular formula is C14H27NO2. The van der Waals surface area contributed by atoms with Crippen LogP contribution in [0, 0.1) is 5.92 Å². The van der Waals surface area contributed by atoms with Crippen molar-refractivity contribution < 1.29 is 9.84 Å². The van der Waals surface area contributed by atoms with E-state index in [1.54, 1.807) is 0 Å². The summed E-state index contributed by atoms with van der Waals surface area (Å²) in [5.74, 6) is 0.606. The van der Waals surface area contributed by atoms with Crippen LogP contribution in [-0.2, 0) is 4.74 Å². The van der Waals surface area contributed by atoms with Gasteiger partial charge in [-0.2, -0.15) is 0 Å². The molecule has 3 nitrogen and oxygen atoms in total. The number of ether oxygens (including phenoxy) is 1. The van der Waals surface area contributed by atoms with Gasteiger partial charge in [0.05, 0.1) is 18.8 Å². The standard InChI is InChI=1S/C14H27NO2/c1-3-5-11(2)8-13(16)14-9-15-7-4-6-12(15)10-17-14/h11-14,16H,3-10H2,1-2H3. The van der Waals surface area contributed by atoms with Gasteiger partial charge < -0.3 is 9.84 Å². The summed E-state index contributed by atoms with van der Waals surface area (Å²) in [6.07, 6.45) is 5.63. The van der Waals surface area contributed by atoms with Crippen molar-refractivity contribution >= 4 is 0 Å². The molecule has 0 aromatic rings. The molecule has 0 spiro atoms. The molecule has 0 radical (unpaired) electrons. The number of hydrogen-bond donors (Lipinski definition) is 1. The van der Waals surface area contributed by atoms with E-state index in [1.165, 1.54) is 32.2 Å². The van der Waals surface area contributed by atoms with Crippen LogP contribution in [0.1, 0.15) is 46.0 Å². The van der Waals surface area contributed by atoms with Gasteiger partial charge in [0, 0.05) is 12.6 Å². The number of nitrogens with zero attached hydrogens (tertiary/aromatic N) is 1. The summed E-state index contributed by atoms with van der Waals surface area (Å²) in [6, 6.07) is 0.631. The normalized spacial score (nSPS) is 33.4. The highest BCUT2D eigenvalue weighted by Gasteiger charge is 2.35. The van der Waals surface area contributed by atoms with Gasteiger partial charge in [-0.1, -0.05) is 26.7 Å². The predicted molar refractivity (Wildman–Crippen MR) is 69.0 cm³/mol. The van der Waals surface area contributed by atoms with Crippen molar-refractivity contribution in [1.29, 1.82) is 0 Å². The second-order valence-electron chi connectivity index (χ2n) is 5.86. The summed E-state index contributed by atoms with van der Waals surface area (Å²) < 4.78 is 5.84. The largest absolute Gasteiger partial charge is 0.390 e. The minimum absolute atomic E-state index is 0.0451. The molecule has 2 heterocycles. The minimum atomic E-state index is -0.280. The van der Waals surface area contributed by atoms with Crippen LogP contribution in [0.25, 0.3) is 0 Å². The first-order chi connectivity index (χ1) is 8.20. The van der Waals surface area contributed by atoms with E-state index >= 15 is 0 Å². The zero-order valence-electron chi connectivity index (χ0n) is 11.3. The molecule has 3 heteroatoms. The molecule has 17 heavy (non-hydrogen) atoms. The highest BCUT2D eigenvalue weighted by atomic mass is 16.5. The molecule has 0 amide bonds. The van der Waals surface area contributed by atoms with Crippen molar-refractivity contribution in [3.63, 3.8) is 0 Å². The monoisotopic (exact) mass is 241 g/mol. The lowest BCUT2D eigenvalue weighted by molar-refractivity contribution is -0.107. The number of rotatable bonds is 5. The van der Waals surface area contributed by atoms with E-state index in [1.807, 2.05) is 0 Å². The Morgan fingerprint density at radius 1 is 1.47 bits per heavy atom. The summed E-state index contributed by atoms with van der Waals surface area (Å²) in [4.78, 5) is 2.50. The first kappa shape index (κ1) is 13.3. The molecule has 1 N–H and O–H groups in total. The lowest BCUT2D eigenvalue weighted by Crippen LogP contribution is -2.50. The third-order valence-electron chi connectivity index (χ3n) is 4.27. The molecule has 4 unspecified atom stereocenters. The van der Waals surface area contributed by atoms with Gasteiger partial charge >= 0.3 is 0 Å². The zero-order chi connectivity index (χ0) is 12.3. The highest BCUT2D eigenvalue weighted by Crippen LogP contribution is 2.25. The lowest BCUT2D eigenvalue weighted by atomic mass is 9.95. The topological polar surface area (TPSA) is 32.7 Å². The van der Waals surface area contributed by atoms with Gasteiger partial charge in [0.1, 0.15) is 0 Å². The Hall–Kier alpha value is -0.120. The Bertz CT molecular complexity index is 234. The molecule has 0 aliphatic carbocycles. The van der Waals surface area contributed by atoms with Crippen LogP contribution >= 0.6 is 0 Å². The number of hydrogen-bond acceptors (Lipinski definition) is 3. The first-order valence-corrected chi connectivity index (χ1v) is 7.24. The first-order valence-electron chi connectivity index (χ1n) is 7.24. The Labute approximate surface area is 105 Å². The second kappa shape index (κ2) is 6.17. The Morgan fingerprint density at radius 3 is 3.06 bits per heavy atom. The summed E-state index contributed by atoms with van der Waals surface area (Å²) >= 11 is 0. The van der Waals surface area contributed by atoms with E-state index in [4.69, 9.17) is 4.74 Å². The maximum atomic E-state index is 10.2. The molecule has 100 valence electrons. The molecule has 2 saturated heterocycles. The van der Waals surface area contributed by atoms with Crippen LogP contribution in [0.15, 0.2) is 0 Å². The molecule has 0 aromatic heterocycles. The number of fused-ring (bicyclic) bond motifs is 1. The SMILES string of the molecule is CCCC(C)CC(O)C1CN2CCCC2CO1. The van der Waals surface area contributed by atoms with E-state index in [0.29, 0.717) is 12.0 Å². The third kappa shape index (κ3) is 3.43. The fourth-order valence-corrected chi connectivity index (χ4v) is 3.25. The molecule has 2 rings (SSSR count). The fourth-order valence-electron chi connectivity index (χ4n) is 3.25. The van der Waals surface area contributed by atoms with Gasteiger partial charge in [-0.15, -0.1) is 0 Å². The molecule has 0 bridgehead atoms. The van der Waals surface area contributed by atoms with Crippen LogP contribution in [0.5, 0.6) is 0 Å². The van der Waals surface area contributed by atoms with E-state index in [9.17, 15) is 5.11 Å². The van der Waals surface area contributed by atoms with E-state index in [0.717, 1.165) is 19.6 Å². The van der Waals surface area contributed by atoms with Crippen molar-refractivity contribution in [2.45, 2.75) is 64.2 Å². The lowest BCUT2D eigenvalue weighted by Gasteiger charge is -2.37. The average Bonchev–Trinajstić information content (AvgIpc) is 2.75. The van der Waals surface area contributed by atoms with Crippen molar-refractivity contribution in [2.24, 2.45) is 5.92 Å². The third-order valence-corrected chi connectivity index (χ3v) is 4.27.